The van der Waals surface area contributed by atoms with Crippen molar-refractivity contribution in [3.8, 4) is 0 Å². The van der Waals surface area contributed by atoms with E-state index in [4.69, 9.17) is 4.74 Å². The van der Waals surface area contributed by atoms with Crippen molar-refractivity contribution in [3.63, 3.8) is 0 Å². The number of nitrogens with one attached hydrogen (secondary N) is 3. The number of pyridine rings is 1. The molecule has 1 saturated heterocycles. The number of amides is 2. The van der Waals surface area contributed by atoms with E-state index in [2.05, 4.69) is 20.9 Å². The summed E-state index contributed by atoms with van der Waals surface area (Å²) < 4.78 is 88.8. The number of anilines is 1. The molecule has 2 aromatic carbocycles. The minimum Gasteiger partial charge on any atom is -0.453 e. The second-order valence-corrected chi connectivity index (χ2v) is 12.7. The zero-order valence-corrected chi connectivity index (χ0v) is 25.5. The minimum absolute atomic E-state index is 0.000644. The molecular weight excluding hydrogens is 618 g/mol. The summed E-state index contributed by atoms with van der Waals surface area (Å²) in [5.74, 6) is -5.49. The van der Waals surface area contributed by atoms with E-state index in [1.54, 1.807) is 6.92 Å². The predicted molar refractivity (Wildman–Crippen MR) is 158 cm³/mol. The molecule has 0 aliphatic carbocycles. The molecule has 1 aromatic heterocycles. The van der Waals surface area contributed by atoms with Crippen LogP contribution >= 0.6 is 0 Å². The number of hydrogen-bond donors (Lipinski definition) is 3. The van der Waals surface area contributed by atoms with Crippen molar-refractivity contribution in [2.45, 2.75) is 43.8 Å². The highest BCUT2D eigenvalue weighted by Gasteiger charge is 2.36. The van der Waals surface area contributed by atoms with E-state index in [-0.39, 0.29) is 41.3 Å². The van der Waals surface area contributed by atoms with Crippen LogP contribution in [-0.2, 0) is 26.0 Å². The number of ether oxygens (including phenoxy) is 1. The number of carbonyl (C=O) groups is 2. The van der Waals surface area contributed by atoms with Crippen LogP contribution in [0, 0.1) is 23.3 Å². The lowest BCUT2D eigenvalue weighted by molar-refractivity contribution is -0.118. The maximum Gasteiger partial charge on any atom is 0.407 e. The Labute approximate surface area is 258 Å². The van der Waals surface area contributed by atoms with Gasteiger partial charge in [0.05, 0.1) is 31.4 Å². The number of rotatable bonds is 10. The molecule has 0 spiro atoms. The predicted octanol–water partition coefficient (Wildman–Crippen LogP) is 3.69. The van der Waals surface area contributed by atoms with Gasteiger partial charge in [-0.2, -0.15) is 4.31 Å². The molecule has 45 heavy (non-hydrogen) atoms. The van der Waals surface area contributed by atoms with Gasteiger partial charge in [0.15, 0.2) is 0 Å². The van der Waals surface area contributed by atoms with Gasteiger partial charge in [-0.25, -0.2) is 30.8 Å². The summed E-state index contributed by atoms with van der Waals surface area (Å²) in [6.45, 7) is 2.54. The minimum atomic E-state index is -3.58. The molecule has 0 unspecified atom stereocenters. The second kappa shape index (κ2) is 14.3. The number of sulfonamides is 1. The fraction of sp³-hybridized carbons (Fsp3) is 0.367. The molecule has 242 valence electrons. The normalized spacial score (nSPS) is 18.6. The first-order valence-electron chi connectivity index (χ1n) is 14.0. The fourth-order valence-corrected chi connectivity index (χ4v) is 7.11. The maximum atomic E-state index is 15.2. The Morgan fingerprint density at radius 2 is 1.69 bits per heavy atom. The van der Waals surface area contributed by atoms with Crippen LogP contribution in [-0.4, -0.2) is 74.3 Å². The number of methoxy groups -OCH3 is 1. The smallest absolute Gasteiger partial charge is 0.407 e. The molecule has 2 heterocycles. The number of hydrogen-bond acceptors (Lipinski definition) is 7. The number of alkyl carbamates (subject to hydrolysis) is 1. The van der Waals surface area contributed by atoms with Crippen molar-refractivity contribution in [2.24, 2.45) is 0 Å². The third kappa shape index (κ3) is 8.35. The van der Waals surface area contributed by atoms with Crippen molar-refractivity contribution in [1.29, 1.82) is 0 Å². The van der Waals surface area contributed by atoms with Crippen molar-refractivity contribution in [2.75, 3.05) is 31.8 Å². The summed E-state index contributed by atoms with van der Waals surface area (Å²) in [6.07, 6.45) is 2.38. The molecule has 1 fully saturated rings. The zero-order valence-electron chi connectivity index (χ0n) is 24.7. The summed E-state index contributed by atoms with van der Waals surface area (Å²) in [5, 5.41) is 8.10. The fourth-order valence-electron chi connectivity index (χ4n) is 5.66. The molecule has 1 aliphatic heterocycles. The Kier molecular flexibility index (Phi) is 10.8. The summed E-state index contributed by atoms with van der Waals surface area (Å²) in [4.78, 5) is 30.1. The molecule has 4 rings (SSSR count). The van der Waals surface area contributed by atoms with Crippen molar-refractivity contribution >= 4 is 27.7 Å². The Balaban J connectivity index is 1.70. The molecule has 3 aromatic rings. The number of benzene rings is 2. The zero-order chi connectivity index (χ0) is 32.9. The van der Waals surface area contributed by atoms with Crippen LogP contribution in [0.25, 0.3) is 0 Å². The van der Waals surface area contributed by atoms with Gasteiger partial charge in [-0.3, -0.25) is 9.78 Å². The van der Waals surface area contributed by atoms with Gasteiger partial charge in [0, 0.05) is 42.7 Å². The van der Waals surface area contributed by atoms with Crippen LogP contribution in [0.4, 0.5) is 28.0 Å². The van der Waals surface area contributed by atoms with Crippen LogP contribution in [0.1, 0.15) is 36.0 Å². The highest BCUT2D eigenvalue weighted by molar-refractivity contribution is 7.88. The summed E-state index contributed by atoms with van der Waals surface area (Å²) in [7, 11) is -2.53. The van der Waals surface area contributed by atoms with E-state index in [1.807, 2.05) is 0 Å². The van der Waals surface area contributed by atoms with Gasteiger partial charge >= 0.3 is 6.09 Å². The first kappa shape index (κ1) is 33.8. The van der Waals surface area contributed by atoms with Crippen molar-refractivity contribution in [1.82, 2.24) is 19.9 Å². The lowest BCUT2D eigenvalue weighted by Gasteiger charge is -2.39. The lowest BCUT2D eigenvalue weighted by atomic mass is 9.84. The lowest BCUT2D eigenvalue weighted by Crippen LogP contribution is -2.58. The van der Waals surface area contributed by atoms with Gasteiger partial charge in [0.1, 0.15) is 29.3 Å². The highest BCUT2D eigenvalue weighted by Crippen LogP contribution is 2.32. The molecular formula is C30H33F4N5O5S. The van der Waals surface area contributed by atoms with Gasteiger partial charge in [-0.15, -0.1) is 0 Å². The Hall–Kier alpha value is -4.08. The van der Waals surface area contributed by atoms with E-state index in [9.17, 15) is 31.2 Å². The van der Waals surface area contributed by atoms with Gasteiger partial charge in [0.2, 0.25) is 15.9 Å². The standard InChI is InChI=1S/C30H33F4N5O5S/c1-17-13-35-14-23(39(17)45(3,42)43)8-9-24-25(34)15-36-16-26(24)37-29(40)28(38-30(41)44-2)27(18-4-6-20(31)7-5-18)19-10-21(32)12-22(33)11-19/h4-7,10-12,15-17,23,27-28,35H,8-9,13-14H2,1-3H3,(H,37,40)(H,38,41)/t17-,23-,27-,28-/m0/s1. The van der Waals surface area contributed by atoms with E-state index >= 15 is 4.39 Å². The Bertz CT molecular complexity index is 1620. The maximum absolute atomic E-state index is 15.2. The number of aromatic nitrogens is 1. The van der Waals surface area contributed by atoms with Gasteiger partial charge in [0.25, 0.3) is 0 Å². The first-order valence-corrected chi connectivity index (χ1v) is 15.8. The Morgan fingerprint density at radius 3 is 2.31 bits per heavy atom. The van der Waals surface area contributed by atoms with Crippen molar-refractivity contribution < 1.29 is 40.3 Å². The number of halogens is 4. The molecule has 0 bridgehead atoms. The number of carbonyl (C=O) groups excluding carboxylic acids is 2. The van der Waals surface area contributed by atoms with Gasteiger partial charge in [-0.05, 0) is 55.2 Å². The molecule has 10 nitrogen and oxygen atoms in total. The average molecular weight is 652 g/mol. The monoisotopic (exact) mass is 651 g/mol. The summed E-state index contributed by atoms with van der Waals surface area (Å²) >= 11 is 0. The molecule has 1 aliphatic rings. The van der Waals surface area contributed by atoms with E-state index in [0.29, 0.717) is 19.2 Å². The molecule has 0 radical (unpaired) electrons. The van der Waals surface area contributed by atoms with E-state index < -0.39 is 63.3 Å². The van der Waals surface area contributed by atoms with Crippen LogP contribution < -0.4 is 16.0 Å². The van der Waals surface area contributed by atoms with Crippen LogP contribution in [0.2, 0.25) is 0 Å². The summed E-state index contributed by atoms with van der Waals surface area (Å²) in [5.41, 5.74) is 0.114. The quantitative estimate of drug-likeness (QED) is 0.285. The largest absolute Gasteiger partial charge is 0.453 e. The highest BCUT2D eigenvalue weighted by atomic mass is 32.2. The van der Waals surface area contributed by atoms with Crippen LogP contribution in [0.15, 0.2) is 54.9 Å². The van der Waals surface area contributed by atoms with Gasteiger partial charge in [-0.1, -0.05) is 12.1 Å². The first-order chi connectivity index (χ1) is 21.3. The Morgan fingerprint density at radius 1 is 1.02 bits per heavy atom. The topological polar surface area (TPSA) is 130 Å². The number of nitrogens with zero attached hydrogens (tertiary/aromatic N) is 2. The third-order valence-electron chi connectivity index (χ3n) is 7.54. The van der Waals surface area contributed by atoms with Crippen molar-refractivity contribution in [3.05, 3.63) is 94.8 Å². The summed E-state index contributed by atoms with van der Waals surface area (Å²) in [6, 6.07) is 4.89. The van der Waals surface area contributed by atoms with E-state index in [0.717, 1.165) is 43.8 Å². The number of piperazine rings is 1. The molecule has 2 amide bonds. The third-order valence-corrected chi connectivity index (χ3v) is 8.96. The average Bonchev–Trinajstić information content (AvgIpc) is 2.96. The molecule has 15 heteroatoms. The van der Waals surface area contributed by atoms with Crippen LogP contribution in [0.5, 0.6) is 0 Å². The molecule has 0 saturated carbocycles. The second-order valence-electron chi connectivity index (χ2n) is 10.8. The molecule has 3 N–H and O–H groups in total. The van der Waals surface area contributed by atoms with E-state index in [1.165, 1.54) is 22.6 Å². The molecule has 4 atom stereocenters. The van der Waals surface area contributed by atoms with Gasteiger partial charge < -0.3 is 20.7 Å². The van der Waals surface area contributed by atoms with Crippen LogP contribution in [0.3, 0.4) is 0 Å². The SMILES string of the molecule is COC(=O)N[C@H](C(=O)Nc1cncc(F)c1CC[C@H]1CNC[C@H](C)N1S(C)(=O)=O)[C@@H](c1ccc(F)cc1)c1cc(F)cc(F)c1.